The van der Waals surface area contributed by atoms with Crippen LogP contribution in [0.3, 0.4) is 0 Å². The van der Waals surface area contributed by atoms with Gasteiger partial charge in [0.05, 0.1) is 6.04 Å². The maximum Gasteiger partial charge on any atom is 0.257 e. The van der Waals surface area contributed by atoms with Crippen LogP contribution in [0.15, 0.2) is 24.3 Å². The van der Waals surface area contributed by atoms with Crippen molar-refractivity contribution in [2.24, 2.45) is 11.7 Å². The molecule has 130 valence electrons. The number of hydrogen-bond donors (Lipinski definition) is 3. The van der Waals surface area contributed by atoms with Crippen molar-refractivity contribution >= 4 is 29.9 Å². The first kappa shape index (κ1) is 21.2. The fourth-order valence-electron chi connectivity index (χ4n) is 1.88. The summed E-state index contributed by atoms with van der Waals surface area (Å²) in [5.41, 5.74) is 6.47. The van der Waals surface area contributed by atoms with Crippen LogP contribution >= 0.6 is 12.4 Å². The van der Waals surface area contributed by atoms with Gasteiger partial charge in [0, 0.05) is 12.2 Å². The molecule has 0 bridgehead atoms. The van der Waals surface area contributed by atoms with Gasteiger partial charge in [0.2, 0.25) is 5.91 Å². The lowest BCUT2D eigenvalue weighted by Crippen LogP contribution is -2.36. The molecule has 0 aliphatic carbocycles. The van der Waals surface area contributed by atoms with Gasteiger partial charge in [-0.25, -0.2) is 0 Å². The van der Waals surface area contributed by atoms with Crippen LogP contribution in [0.25, 0.3) is 0 Å². The fraction of sp³-hybridized carbons (Fsp3) is 0.500. The van der Waals surface area contributed by atoms with E-state index in [4.69, 9.17) is 10.5 Å². The molecule has 0 unspecified atom stereocenters. The summed E-state index contributed by atoms with van der Waals surface area (Å²) in [4.78, 5) is 23.2. The highest BCUT2D eigenvalue weighted by molar-refractivity contribution is 5.94. The van der Waals surface area contributed by atoms with Crippen LogP contribution in [-0.4, -0.2) is 31.0 Å². The van der Waals surface area contributed by atoms with Gasteiger partial charge in [0.15, 0.2) is 6.61 Å². The molecule has 23 heavy (non-hydrogen) atoms. The first-order valence-corrected chi connectivity index (χ1v) is 7.48. The van der Waals surface area contributed by atoms with E-state index in [2.05, 4.69) is 10.6 Å². The Bertz CT molecular complexity index is 492. The van der Waals surface area contributed by atoms with Crippen molar-refractivity contribution < 1.29 is 14.3 Å². The number of amides is 2. The van der Waals surface area contributed by atoms with Crippen molar-refractivity contribution in [2.45, 2.75) is 33.2 Å². The number of ether oxygens (including phenoxy) is 1. The number of anilines is 1. The normalized spacial score (nSPS) is 11.3. The molecule has 1 atom stereocenters. The summed E-state index contributed by atoms with van der Waals surface area (Å²) in [5.74, 6) is 0.561. The number of benzene rings is 1. The highest BCUT2D eigenvalue weighted by Crippen LogP contribution is 2.16. The van der Waals surface area contributed by atoms with Crippen LogP contribution in [0.1, 0.15) is 27.2 Å². The highest BCUT2D eigenvalue weighted by atomic mass is 35.5. The summed E-state index contributed by atoms with van der Waals surface area (Å²) in [6.45, 7) is 6.43. The van der Waals surface area contributed by atoms with E-state index in [0.717, 1.165) is 0 Å². The van der Waals surface area contributed by atoms with Gasteiger partial charge in [-0.05, 0) is 43.5 Å². The van der Waals surface area contributed by atoms with Gasteiger partial charge in [-0.1, -0.05) is 13.8 Å². The molecule has 0 heterocycles. The van der Waals surface area contributed by atoms with Crippen LogP contribution < -0.4 is 21.1 Å². The van der Waals surface area contributed by atoms with Gasteiger partial charge in [-0.3, -0.25) is 9.59 Å². The zero-order chi connectivity index (χ0) is 16.5. The molecule has 1 aromatic rings. The molecule has 4 N–H and O–H groups in total. The number of rotatable bonds is 8. The summed E-state index contributed by atoms with van der Waals surface area (Å²) in [6, 6.07) is 6.31. The Balaban J connectivity index is 0.00000484. The predicted octanol–water partition coefficient (Wildman–Crippen LogP) is 1.94. The van der Waals surface area contributed by atoms with E-state index in [9.17, 15) is 9.59 Å². The summed E-state index contributed by atoms with van der Waals surface area (Å²) < 4.78 is 5.33. The van der Waals surface area contributed by atoms with Gasteiger partial charge in [0.25, 0.3) is 5.91 Å². The summed E-state index contributed by atoms with van der Waals surface area (Å²) >= 11 is 0. The second kappa shape index (κ2) is 10.9. The lowest BCUT2D eigenvalue weighted by atomic mass is 10.0. The van der Waals surface area contributed by atoms with Crippen LogP contribution in [0, 0.1) is 5.92 Å². The standard InChI is InChI=1S/C16H25N3O3.ClH/c1-4-18-15(20)10-22-13-7-5-12(6-8-13)19-16(21)14(17)9-11(2)3;/h5-8,11,14H,4,9-10,17H2,1-3H3,(H,18,20)(H,19,21);1H/t14-;/m0./s1. The summed E-state index contributed by atoms with van der Waals surface area (Å²) in [6.07, 6.45) is 0.638. The van der Waals surface area contributed by atoms with Gasteiger partial charge < -0.3 is 21.1 Å². The Hall–Kier alpha value is -1.79. The van der Waals surface area contributed by atoms with Gasteiger partial charge in [0.1, 0.15) is 5.75 Å². The topological polar surface area (TPSA) is 93.5 Å². The van der Waals surface area contributed by atoms with E-state index in [0.29, 0.717) is 30.3 Å². The second-order valence-corrected chi connectivity index (χ2v) is 5.49. The Morgan fingerprint density at radius 2 is 1.83 bits per heavy atom. The number of carbonyl (C=O) groups is 2. The number of likely N-dealkylation sites (N-methyl/N-ethyl adjacent to an activating group) is 1. The van der Waals surface area contributed by atoms with E-state index in [1.807, 2.05) is 20.8 Å². The quantitative estimate of drug-likeness (QED) is 0.672. The lowest BCUT2D eigenvalue weighted by Gasteiger charge is -2.14. The average Bonchev–Trinajstić information content (AvgIpc) is 2.46. The third-order valence-electron chi connectivity index (χ3n) is 2.93. The fourth-order valence-corrected chi connectivity index (χ4v) is 1.88. The molecule has 0 saturated carbocycles. The van der Waals surface area contributed by atoms with Crippen molar-refractivity contribution in [2.75, 3.05) is 18.5 Å². The minimum Gasteiger partial charge on any atom is -0.484 e. The van der Waals surface area contributed by atoms with Crippen LogP contribution in [0.4, 0.5) is 5.69 Å². The monoisotopic (exact) mass is 343 g/mol. The third-order valence-corrected chi connectivity index (χ3v) is 2.93. The summed E-state index contributed by atoms with van der Waals surface area (Å²) in [5, 5.41) is 5.41. The SMILES string of the molecule is CCNC(=O)COc1ccc(NC(=O)[C@@H](N)CC(C)C)cc1.Cl. The smallest absolute Gasteiger partial charge is 0.257 e. The lowest BCUT2D eigenvalue weighted by molar-refractivity contribution is -0.123. The number of nitrogens with two attached hydrogens (primary N) is 1. The van der Waals surface area contributed by atoms with Crippen LogP contribution in [0.2, 0.25) is 0 Å². The minimum absolute atomic E-state index is 0. The average molecular weight is 344 g/mol. The Morgan fingerprint density at radius 1 is 1.22 bits per heavy atom. The maximum absolute atomic E-state index is 11.9. The number of hydrogen-bond acceptors (Lipinski definition) is 4. The van der Waals surface area contributed by atoms with Gasteiger partial charge >= 0.3 is 0 Å². The largest absolute Gasteiger partial charge is 0.484 e. The molecule has 2 amide bonds. The molecule has 0 spiro atoms. The van der Waals surface area contributed by atoms with Crippen molar-refractivity contribution in [3.8, 4) is 5.75 Å². The Labute approximate surface area is 143 Å². The van der Waals surface area contributed by atoms with Gasteiger partial charge in [-0.2, -0.15) is 0 Å². The molecule has 7 heteroatoms. The van der Waals surface area contributed by atoms with Crippen molar-refractivity contribution in [1.82, 2.24) is 5.32 Å². The molecule has 6 nitrogen and oxygen atoms in total. The van der Waals surface area contributed by atoms with Crippen molar-refractivity contribution in [3.63, 3.8) is 0 Å². The Morgan fingerprint density at radius 3 is 2.35 bits per heavy atom. The van der Waals surface area contributed by atoms with E-state index >= 15 is 0 Å². The molecule has 0 saturated heterocycles. The van der Waals surface area contributed by atoms with Crippen molar-refractivity contribution in [3.05, 3.63) is 24.3 Å². The molecule has 0 radical (unpaired) electrons. The highest BCUT2D eigenvalue weighted by Gasteiger charge is 2.14. The van der Waals surface area contributed by atoms with E-state index in [1.165, 1.54) is 0 Å². The first-order valence-electron chi connectivity index (χ1n) is 7.48. The molecule has 0 aromatic heterocycles. The van der Waals surface area contributed by atoms with E-state index in [1.54, 1.807) is 24.3 Å². The molecular weight excluding hydrogens is 318 g/mol. The second-order valence-electron chi connectivity index (χ2n) is 5.49. The number of nitrogens with one attached hydrogen (secondary N) is 2. The van der Waals surface area contributed by atoms with Crippen molar-refractivity contribution in [1.29, 1.82) is 0 Å². The number of halogens is 1. The Kier molecular flexibility index (Phi) is 10.0. The summed E-state index contributed by atoms with van der Waals surface area (Å²) in [7, 11) is 0. The molecule has 1 rings (SSSR count). The van der Waals surface area contributed by atoms with Gasteiger partial charge in [-0.15, -0.1) is 12.4 Å². The first-order chi connectivity index (χ1) is 10.4. The zero-order valence-corrected chi connectivity index (χ0v) is 14.6. The predicted molar refractivity (Wildman–Crippen MR) is 93.9 cm³/mol. The zero-order valence-electron chi connectivity index (χ0n) is 13.8. The van der Waals surface area contributed by atoms with E-state index < -0.39 is 6.04 Å². The number of carbonyl (C=O) groups excluding carboxylic acids is 2. The van der Waals surface area contributed by atoms with E-state index in [-0.39, 0.29) is 30.8 Å². The molecule has 0 aliphatic rings. The minimum atomic E-state index is -0.520. The molecule has 1 aromatic carbocycles. The maximum atomic E-state index is 11.9. The molecule has 0 fully saturated rings. The molecular formula is C16H26ClN3O3. The van der Waals surface area contributed by atoms with Crippen LogP contribution in [-0.2, 0) is 9.59 Å². The van der Waals surface area contributed by atoms with Crippen LogP contribution in [0.5, 0.6) is 5.75 Å². The molecule has 0 aliphatic heterocycles. The third kappa shape index (κ3) is 8.42.